The Labute approximate surface area is 94.6 Å². The molecule has 0 fully saturated rings. The van der Waals surface area contributed by atoms with Crippen LogP contribution in [0.3, 0.4) is 0 Å². The van der Waals surface area contributed by atoms with Gasteiger partial charge in [0.2, 0.25) is 5.91 Å². The highest BCUT2D eigenvalue weighted by atomic mass is 16.2. The van der Waals surface area contributed by atoms with Crippen molar-refractivity contribution >= 4 is 11.7 Å². The van der Waals surface area contributed by atoms with Gasteiger partial charge < -0.3 is 15.6 Å². The molecule has 1 aromatic heterocycles. The summed E-state index contributed by atoms with van der Waals surface area (Å²) in [7, 11) is 0. The molecule has 0 radical (unpaired) electrons. The first-order chi connectivity index (χ1) is 7.56. The maximum absolute atomic E-state index is 11.8. The second-order valence-electron chi connectivity index (χ2n) is 3.83. The summed E-state index contributed by atoms with van der Waals surface area (Å²) in [5, 5.41) is 0. The molecule has 0 aromatic carbocycles. The van der Waals surface area contributed by atoms with Crippen molar-refractivity contribution in [3.63, 3.8) is 0 Å². The van der Waals surface area contributed by atoms with Crippen LogP contribution in [0, 0.1) is 0 Å². The molecule has 5 nitrogen and oxygen atoms in total. The number of rotatable bonds is 5. The Hall–Kier alpha value is -1.62. The minimum absolute atomic E-state index is 0.0324. The maximum atomic E-state index is 11.8. The number of nitrogens with two attached hydrogens (primary N) is 1. The summed E-state index contributed by atoms with van der Waals surface area (Å²) in [4.78, 5) is 27.6. The Bertz CT molecular complexity index is 357. The van der Waals surface area contributed by atoms with Gasteiger partial charge in [0.1, 0.15) is 0 Å². The number of aromatic amines is 1. The van der Waals surface area contributed by atoms with Crippen molar-refractivity contribution in [2.24, 2.45) is 5.73 Å². The van der Waals surface area contributed by atoms with Crippen LogP contribution in [0.5, 0.6) is 0 Å². The number of hydrogen-bond donors (Lipinski definition) is 2. The predicted octanol–water partition coefficient (Wildman–Crippen LogP) is 0.393. The van der Waals surface area contributed by atoms with Crippen LogP contribution >= 0.6 is 0 Å². The number of nitrogens with one attached hydrogen (secondary N) is 1. The Morgan fingerprint density at radius 1 is 1.50 bits per heavy atom. The number of aromatic nitrogens is 1. The first-order valence-corrected chi connectivity index (χ1v) is 5.22. The number of nitrogens with zero attached hydrogens (tertiary/aromatic N) is 1. The van der Waals surface area contributed by atoms with Gasteiger partial charge in [-0.05, 0) is 26.0 Å². The van der Waals surface area contributed by atoms with Crippen molar-refractivity contribution in [1.29, 1.82) is 0 Å². The van der Waals surface area contributed by atoms with Crippen molar-refractivity contribution in [2.45, 2.75) is 19.9 Å². The molecule has 0 spiro atoms. The smallest absolute Gasteiger partial charge is 0.236 e. The average Bonchev–Trinajstić information content (AvgIpc) is 2.77. The largest absolute Gasteiger partial charge is 0.359 e. The van der Waals surface area contributed by atoms with E-state index in [0.29, 0.717) is 5.69 Å². The van der Waals surface area contributed by atoms with Crippen molar-refractivity contribution in [1.82, 2.24) is 9.88 Å². The molecule has 0 aliphatic rings. The van der Waals surface area contributed by atoms with E-state index < -0.39 is 0 Å². The normalized spacial score (nSPS) is 10.5. The standard InChI is InChI=1S/C11H17N3O2/c1-8(2)14(11(16)6-12)7-10(15)9-4-3-5-13-9/h3-5,8,13H,6-7,12H2,1-2H3. The topological polar surface area (TPSA) is 79.2 Å². The Morgan fingerprint density at radius 2 is 2.19 bits per heavy atom. The van der Waals surface area contributed by atoms with Crippen molar-refractivity contribution in [3.05, 3.63) is 24.0 Å². The molecule has 1 rings (SSSR count). The maximum Gasteiger partial charge on any atom is 0.236 e. The third kappa shape index (κ3) is 2.93. The van der Waals surface area contributed by atoms with Crippen LogP contribution in [-0.4, -0.2) is 40.7 Å². The van der Waals surface area contributed by atoms with Crippen LogP contribution in [-0.2, 0) is 4.79 Å². The second kappa shape index (κ2) is 5.46. The molecule has 16 heavy (non-hydrogen) atoms. The van der Waals surface area contributed by atoms with Gasteiger partial charge in [-0.1, -0.05) is 0 Å². The lowest BCUT2D eigenvalue weighted by Crippen LogP contribution is -2.43. The van der Waals surface area contributed by atoms with Gasteiger partial charge in [-0.15, -0.1) is 0 Å². The summed E-state index contributed by atoms with van der Waals surface area (Å²) < 4.78 is 0. The zero-order valence-corrected chi connectivity index (χ0v) is 9.56. The zero-order chi connectivity index (χ0) is 12.1. The van der Waals surface area contributed by atoms with Crippen LogP contribution in [0.1, 0.15) is 24.3 Å². The van der Waals surface area contributed by atoms with Crippen molar-refractivity contribution in [2.75, 3.05) is 13.1 Å². The quantitative estimate of drug-likeness (QED) is 0.709. The number of H-pyrrole nitrogens is 1. The van der Waals surface area contributed by atoms with Crippen molar-refractivity contribution < 1.29 is 9.59 Å². The van der Waals surface area contributed by atoms with Crippen LogP contribution in [0.2, 0.25) is 0 Å². The Morgan fingerprint density at radius 3 is 2.62 bits per heavy atom. The van der Waals surface area contributed by atoms with Gasteiger partial charge in [0.25, 0.3) is 0 Å². The van der Waals surface area contributed by atoms with E-state index in [9.17, 15) is 9.59 Å². The highest BCUT2D eigenvalue weighted by Crippen LogP contribution is 2.03. The molecule has 0 saturated heterocycles. The summed E-state index contributed by atoms with van der Waals surface area (Å²) >= 11 is 0. The molecule has 88 valence electrons. The van der Waals surface area contributed by atoms with Crippen LogP contribution in [0.25, 0.3) is 0 Å². The molecule has 5 heteroatoms. The molecule has 1 aromatic rings. The summed E-state index contributed by atoms with van der Waals surface area (Å²) in [5.41, 5.74) is 5.80. The second-order valence-corrected chi connectivity index (χ2v) is 3.83. The number of hydrogen-bond acceptors (Lipinski definition) is 3. The number of Topliss-reactive ketones (excluding diaryl/α,β-unsaturated/α-hetero) is 1. The average molecular weight is 223 g/mol. The fourth-order valence-corrected chi connectivity index (χ4v) is 1.42. The lowest BCUT2D eigenvalue weighted by Gasteiger charge is -2.25. The van der Waals surface area contributed by atoms with Crippen LogP contribution in [0.15, 0.2) is 18.3 Å². The molecule has 3 N–H and O–H groups in total. The molecule has 0 aliphatic carbocycles. The molecule has 0 aliphatic heterocycles. The van der Waals surface area contributed by atoms with E-state index in [1.54, 1.807) is 18.3 Å². The van der Waals surface area contributed by atoms with Gasteiger partial charge >= 0.3 is 0 Å². The lowest BCUT2D eigenvalue weighted by atomic mass is 10.2. The first kappa shape index (κ1) is 12.4. The van der Waals surface area contributed by atoms with E-state index in [2.05, 4.69) is 4.98 Å². The molecule has 1 amide bonds. The SMILES string of the molecule is CC(C)N(CC(=O)c1ccc[nH]1)C(=O)CN. The monoisotopic (exact) mass is 223 g/mol. The van der Waals surface area contributed by atoms with Gasteiger partial charge in [0.05, 0.1) is 18.8 Å². The van der Waals surface area contributed by atoms with E-state index in [0.717, 1.165) is 0 Å². The number of carbonyl (C=O) groups excluding carboxylic acids is 2. The molecule has 0 bridgehead atoms. The van der Waals surface area contributed by atoms with Crippen molar-refractivity contribution in [3.8, 4) is 0 Å². The Balaban J connectivity index is 2.69. The minimum Gasteiger partial charge on any atom is -0.359 e. The van der Waals surface area contributed by atoms with Gasteiger partial charge in [-0.25, -0.2) is 0 Å². The molecular weight excluding hydrogens is 206 g/mol. The molecule has 0 saturated carbocycles. The fourth-order valence-electron chi connectivity index (χ4n) is 1.42. The van der Waals surface area contributed by atoms with E-state index in [1.165, 1.54) is 4.90 Å². The van der Waals surface area contributed by atoms with E-state index >= 15 is 0 Å². The van der Waals surface area contributed by atoms with Gasteiger partial charge in [0, 0.05) is 12.2 Å². The van der Waals surface area contributed by atoms with Crippen LogP contribution < -0.4 is 5.73 Å². The summed E-state index contributed by atoms with van der Waals surface area (Å²) in [6.07, 6.45) is 1.68. The number of amides is 1. The predicted molar refractivity (Wildman–Crippen MR) is 61.0 cm³/mol. The summed E-state index contributed by atoms with van der Waals surface area (Å²) in [6, 6.07) is 3.40. The third-order valence-electron chi connectivity index (χ3n) is 2.33. The third-order valence-corrected chi connectivity index (χ3v) is 2.33. The van der Waals surface area contributed by atoms with E-state index in [4.69, 9.17) is 5.73 Å². The zero-order valence-electron chi connectivity index (χ0n) is 9.56. The molecule has 1 heterocycles. The lowest BCUT2D eigenvalue weighted by molar-refractivity contribution is -0.130. The fraction of sp³-hybridized carbons (Fsp3) is 0.455. The number of ketones is 1. The van der Waals surface area contributed by atoms with E-state index in [-0.39, 0.29) is 30.8 Å². The minimum atomic E-state index is -0.213. The molecule has 0 unspecified atom stereocenters. The molecular formula is C11H17N3O2. The first-order valence-electron chi connectivity index (χ1n) is 5.22. The van der Waals surface area contributed by atoms with Gasteiger partial charge in [-0.2, -0.15) is 0 Å². The highest BCUT2D eigenvalue weighted by Gasteiger charge is 2.19. The van der Waals surface area contributed by atoms with E-state index in [1.807, 2.05) is 13.8 Å². The number of carbonyl (C=O) groups is 2. The van der Waals surface area contributed by atoms with Gasteiger partial charge in [0.15, 0.2) is 5.78 Å². The van der Waals surface area contributed by atoms with Gasteiger partial charge in [-0.3, -0.25) is 9.59 Å². The highest BCUT2D eigenvalue weighted by molar-refractivity contribution is 5.98. The summed E-state index contributed by atoms with van der Waals surface area (Å²) in [5.74, 6) is -0.324. The Kier molecular flexibility index (Phi) is 4.25. The van der Waals surface area contributed by atoms with Crippen LogP contribution in [0.4, 0.5) is 0 Å². The summed E-state index contributed by atoms with van der Waals surface area (Å²) in [6.45, 7) is 3.70. The molecule has 0 atom stereocenters.